The van der Waals surface area contributed by atoms with E-state index in [9.17, 15) is 23.1 Å². The van der Waals surface area contributed by atoms with Gasteiger partial charge in [-0.1, -0.05) is 15.9 Å². The quantitative estimate of drug-likeness (QED) is 0.252. The Morgan fingerprint density at radius 1 is 1.19 bits per heavy atom. The van der Waals surface area contributed by atoms with Crippen LogP contribution < -0.4 is 20.5 Å². The second-order valence-corrected chi connectivity index (χ2v) is 9.78. The summed E-state index contributed by atoms with van der Waals surface area (Å²) in [6.07, 6.45) is -3.25. The first-order valence-electron chi connectivity index (χ1n) is 11.9. The average Bonchev–Trinajstić information content (AvgIpc) is 3.13. The predicted molar refractivity (Wildman–Crippen MR) is 139 cm³/mol. The Morgan fingerprint density at radius 2 is 1.95 bits per heavy atom. The van der Waals surface area contributed by atoms with Crippen LogP contribution in [0.15, 0.2) is 40.9 Å². The molecule has 3 aromatic rings. The van der Waals surface area contributed by atoms with Gasteiger partial charge in [0.1, 0.15) is 6.61 Å². The molecular weight excluding hydrogens is 555 g/mol. The monoisotopic (exact) mass is 585 g/mol. The Balaban J connectivity index is 1.62. The Labute approximate surface area is 221 Å². The third-order valence-corrected chi connectivity index (χ3v) is 6.25. The van der Waals surface area contributed by atoms with Crippen molar-refractivity contribution in [2.24, 2.45) is 5.73 Å². The van der Waals surface area contributed by atoms with Crippen LogP contribution in [0.25, 0.3) is 10.9 Å². The Bertz CT molecular complexity index is 1230. The molecule has 0 spiro atoms. The predicted octanol–water partition coefficient (Wildman–Crippen LogP) is 4.73. The van der Waals surface area contributed by atoms with Crippen molar-refractivity contribution >= 4 is 32.7 Å². The highest BCUT2D eigenvalue weighted by Crippen LogP contribution is 2.32. The average molecular weight is 586 g/mol. The second kappa shape index (κ2) is 12.7. The molecule has 37 heavy (non-hydrogen) atoms. The number of aliphatic hydroxyl groups is 1. The minimum absolute atomic E-state index is 0.0158. The van der Waals surface area contributed by atoms with Crippen molar-refractivity contribution in [3.05, 3.63) is 57.7 Å². The summed E-state index contributed by atoms with van der Waals surface area (Å²) in [5.74, 6) is -0.283. The molecule has 0 unspecified atom stereocenters. The van der Waals surface area contributed by atoms with Gasteiger partial charge >= 0.3 is 6.18 Å². The van der Waals surface area contributed by atoms with Gasteiger partial charge in [-0.2, -0.15) is 13.2 Å². The zero-order valence-corrected chi connectivity index (χ0v) is 22.3. The number of aromatic nitrogens is 1. The number of nitrogens with zero attached hydrogens (tertiary/aromatic N) is 1. The zero-order chi connectivity index (χ0) is 27.2. The number of nitrogens with two attached hydrogens (primary N) is 1. The van der Waals surface area contributed by atoms with E-state index in [4.69, 9.17) is 15.2 Å². The maximum atomic E-state index is 12.5. The first-order chi connectivity index (χ1) is 17.5. The summed E-state index contributed by atoms with van der Waals surface area (Å²) < 4.78 is 50.8. The number of hydrogen-bond acceptors (Lipinski definition) is 5. The topological polar surface area (TPSA) is 98.7 Å². The number of primary amides is 1. The molecule has 0 aliphatic rings. The maximum Gasteiger partial charge on any atom is 0.422 e. The number of aryl methyl sites for hydroxylation is 2. The molecule has 1 atom stereocenters. The summed E-state index contributed by atoms with van der Waals surface area (Å²) in [7, 11) is 0. The van der Waals surface area contributed by atoms with Crippen LogP contribution in [0, 0.1) is 6.92 Å². The lowest BCUT2D eigenvalue weighted by Gasteiger charge is -2.17. The molecule has 0 bridgehead atoms. The van der Waals surface area contributed by atoms with Gasteiger partial charge in [0.25, 0.3) is 5.91 Å². The molecule has 7 nitrogen and oxygen atoms in total. The second-order valence-electron chi connectivity index (χ2n) is 8.86. The van der Waals surface area contributed by atoms with Gasteiger partial charge in [0, 0.05) is 41.3 Å². The smallest absolute Gasteiger partial charge is 0.422 e. The van der Waals surface area contributed by atoms with Crippen LogP contribution in [0.5, 0.6) is 11.5 Å². The molecule has 0 aliphatic heterocycles. The van der Waals surface area contributed by atoms with Crippen molar-refractivity contribution in [1.29, 1.82) is 0 Å². The van der Waals surface area contributed by atoms with Crippen molar-refractivity contribution in [3.8, 4) is 11.5 Å². The molecule has 3 rings (SSSR count). The van der Waals surface area contributed by atoms with E-state index in [1.165, 1.54) is 6.07 Å². The number of alkyl halides is 3. The minimum atomic E-state index is -4.44. The first kappa shape index (κ1) is 28.8. The van der Waals surface area contributed by atoms with Gasteiger partial charge in [-0.25, -0.2) is 0 Å². The molecule has 0 saturated carbocycles. The molecular formula is C26H31BrF3N3O4. The molecule has 0 radical (unpaired) electrons. The molecule has 11 heteroatoms. The van der Waals surface area contributed by atoms with Crippen LogP contribution in [0.1, 0.15) is 35.0 Å². The lowest BCUT2D eigenvalue weighted by molar-refractivity contribution is -0.153. The Kier molecular flexibility index (Phi) is 9.86. The molecule has 4 N–H and O–H groups in total. The molecule has 1 amide bonds. The van der Waals surface area contributed by atoms with Gasteiger partial charge in [-0.15, -0.1) is 0 Å². The standard InChI is InChI=1S/C26H31BrF3N3O4/c1-16(32-6-9-36-23-14-20(27)4-5-22(23)37-15-26(28,29)30)10-18-12-19-11-17(2)33(7-3-8-34)24(19)21(13-18)25(31)35/h4-5,11-14,16,32,34H,3,6-10,15H2,1-2H3,(H2,31,35)/t16-/m1/s1. The van der Waals surface area contributed by atoms with Crippen LogP contribution in [0.3, 0.4) is 0 Å². The molecule has 202 valence electrons. The van der Waals surface area contributed by atoms with E-state index in [-0.39, 0.29) is 30.8 Å². The van der Waals surface area contributed by atoms with E-state index in [1.807, 2.05) is 30.5 Å². The lowest BCUT2D eigenvalue weighted by atomic mass is 10.0. The van der Waals surface area contributed by atoms with Crippen molar-refractivity contribution in [2.75, 3.05) is 26.4 Å². The Hall–Kier alpha value is -2.76. The Morgan fingerprint density at radius 3 is 2.62 bits per heavy atom. The van der Waals surface area contributed by atoms with E-state index < -0.39 is 18.7 Å². The summed E-state index contributed by atoms with van der Waals surface area (Å²) in [5, 5.41) is 13.5. The van der Waals surface area contributed by atoms with Gasteiger partial charge in [-0.05, 0) is 68.7 Å². The van der Waals surface area contributed by atoms with Crippen LogP contribution in [-0.2, 0) is 13.0 Å². The zero-order valence-electron chi connectivity index (χ0n) is 20.7. The highest BCUT2D eigenvalue weighted by molar-refractivity contribution is 9.10. The maximum absolute atomic E-state index is 12.5. The summed E-state index contributed by atoms with van der Waals surface area (Å²) in [4.78, 5) is 12.2. The fourth-order valence-electron chi connectivity index (χ4n) is 4.20. The minimum Gasteiger partial charge on any atom is -0.488 e. The number of aliphatic hydroxyl groups excluding tert-OH is 1. The summed E-state index contributed by atoms with van der Waals surface area (Å²) in [6.45, 7) is 3.83. The molecule has 1 aromatic heterocycles. The number of hydrogen-bond donors (Lipinski definition) is 3. The van der Waals surface area contributed by atoms with E-state index in [0.717, 1.165) is 22.2 Å². The SMILES string of the molecule is Cc1cc2cc(C[C@@H](C)NCCOc3cc(Br)ccc3OCC(F)(F)F)cc(C(N)=O)c2n1CCCO. The third kappa shape index (κ3) is 8.11. The van der Waals surface area contributed by atoms with Crippen LogP contribution in [0.4, 0.5) is 13.2 Å². The number of halogens is 4. The summed E-state index contributed by atoms with van der Waals surface area (Å²) in [5.41, 5.74) is 8.84. The number of ether oxygens (including phenoxy) is 2. The number of fused-ring (bicyclic) bond motifs is 1. The van der Waals surface area contributed by atoms with Crippen LogP contribution in [-0.4, -0.2) is 54.2 Å². The van der Waals surface area contributed by atoms with Crippen LogP contribution in [0.2, 0.25) is 0 Å². The number of carbonyl (C=O) groups is 1. The van der Waals surface area contributed by atoms with E-state index >= 15 is 0 Å². The lowest BCUT2D eigenvalue weighted by Crippen LogP contribution is -2.32. The largest absolute Gasteiger partial charge is 0.488 e. The van der Waals surface area contributed by atoms with Gasteiger partial charge < -0.3 is 30.2 Å². The first-order valence-corrected chi connectivity index (χ1v) is 12.7. The van der Waals surface area contributed by atoms with Crippen molar-refractivity contribution in [1.82, 2.24) is 9.88 Å². The highest BCUT2D eigenvalue weighted by atomic mass is 79.9. The molecule has 0 saturated heterocycles. The number of carbonyl (C=O) groups excluding carboxylic acids is 1. The summed E-state index contributed by atoms with van der Waals surface area (Å²) >= 11 is 3.29. The van der Waals surface area contributed by atoms with E-state index in [2.05, 4.69) is 21.2 Å². The fraction of sp³-hybridized carbons (Fsp3) is 0.423. The molecule has 0 aliphatic carbocycles. The van der Waals surface area contributed by atoms with Crippen LogP contribution >= 0.6 is 15.9 Å². The number of rotatable bonds is 13. The fourth-order valence-corrected chi connectivity index (χ4v) is 4.54. The highest BCUT2D eigenvalue weighted by Gasteiger charge is 2.29. The number of benzene rings is 2. The van der Waals surface area contributed by atoms with E-state index in [1.54, 1.807) is 18.2 Å². The van der Waals surface area contributed by atoms with Gasteiger partial charge in [0.2, 0.25) is 0 Å². The third-order valence-electron chi connectivity index (χ3n) is 5.76. The van der Waals surface area contributed by atoms with E-state index in [0.29, 0.717) is 36.0 Å². The number of amides is 1. The normalized spacial score (nSPS) is 12.6. The van der Waals surface area contributed by atoms with Crippen molar-refractivity contribution in [3.63, 3.8) is 0 Å². The van der Waals surface area contributed by atoms with Crippen molar-refractivity contribution < 1.29 is 32.5 Å². The number of nitrogens with one attached hydrogen (secondary N) is 1. The van der Waals surface area contributed by atoms with Gasteiger partial charge in [0.15, 0.2) is 18.1 Å². The molecule has 1 heterocycles. The van der Waals surface area contributed by atoms with Gasteiger partial charge in [-0.3, -0.25) is 4.79 Å². The summed E-state index contributed by atoms with van der Waals surface area (Å²) in [6, 6.07) is 10.4. The van der Waals surface area contributed by atoms with Gasteiger partial charge in [0.05, 0.1) is 11.1 Å². The van der Waals surface area contributed by atoms with Crippen molar-refractivity contribution in [2.45, 2.75) is 45.5 Å². The molecule has 2 aromatic carbocycles. The molecule has 0 fully saturated rings.